The number of halogens is 1. The van der Waals surface area contributed by atoms with Crippen LogP contribution in [0.4, 0.5) is 0 Å². The SMILES string of the molecule is C[C@@H]1CN(Cc2ncccn2)C[C@H]1c1cn2c(C3CCOCC3)ncc2c(=O)[nH]1.C[C@@H]1CNC[C@H]1c1cn2c(C3CCOCC3)ncc2c(=O)[nH]1.ClCc1ncccn1.S.S.S.S. The molecule has 4 aliphatic rings. The van der Waals surface area contributed by atoms with Gasteiger partial charge in [0.05, 0.1) is 24.8 Å². The van der Waals surface area contributed by atoms with Crippen molar-refractivity contribution in [3.63, 3.8) is 0 Å². The van der Waals surface area contributed by atoms with Crippen molar-refractivity contribution in [2.24, 2.45) is 11.8 Å². The van der Waals surface area contributed by atoms with Crippen molar-refractivity contribution in [2.45, 2.75) is 75.6 Å². The van der Waals surface area contributed by atoms with Gasteiger partial charge in [0, 0.05) is 118 Å². The predicted molar refractivity (Wildman–Crippen MR) is 264 cm³/mol. The van der Waals surface area contributed by atoms with E-state index in [0.717, 1.165) is 114 Å². The van der Waals surface area contributed by atoms with E-state index in [0.29, 0.717) is 52.3 Å². The molecule has 0 aliphatic carbocycles. The highest BCUT2D eigenvalue weighted by Crippen LogP contribution is 2.33. The molecule has 6 aromatic heterocycles. The summed E-state index contributed by atoms with van der Waals surface area (Å²) in [5, 5.41) is 3.40. The zero-order chi connectivity index (χ0) is 40.7. The van der Waals surface area contributed by atoms with Crippen molar-refractivity contribution in [1.29, 1.82) is 0 Å². The van der Waals surface area contributed by atoms with Crippen LogP contribution in [0.15, 0.2) is 71.3 Å². The lowest BCUT2D eigenvalue weighted by molar-refractivity contribution is 0.0834. The first-order valence-electron chi connectivity index (χ1n) is 20.7. The molecule has 0 aromatic carbocycles. The van der Waals surface area contributed by atoms with Crippen molar-refractivity contribution >= 4 is 76.6 Å². The highest BCUT2D eigenvalue weighted by molar-refractivity contribution is 7.59. The fourth-order valence-corrected chi connectivity index (χ4v) is 8.96. The van der Waals surface area contributed by atoms with Crippen molar-refractivity contribution < 1.29 is 9.47 Å². The summed E-state index contributed by atoms with van der Waals surface area (Å²) in [6, 6.07) is 3.59. The van der Waals surface area contributed by atoms with Crippen molar-refractivity contribution in [3.05, 3.63) is 117 Å². The number of nitrogens with one attached hydrogen (secondary N) is 3. The average Bonchev–Trinajstić information content (AvgIpc) is 4.09. The fraction of sp³-hybridized carbons (Fsp3) is 0.524. The number of H-pyrrole nitrogens is 2. The maximum atomic E-state index is 12.8. The predicted octanol–water partition coefficient (Wildman–Crippen LogP) is 4.85. The van der Waals surface area contributed by atoms with Crippen molar-refractivity contribution in [3.8, 4) is 0 Å². The van der Waals surface area contributed by atoms with Crippen LogP contribution in [0.25, 0.3) is 11.0 Å². The van der Waals surface area contributed by atoms with Gasteiger partial charge in [0.2, 0.25) is 0 Å². The lowest BCUT2D eigenvalue weighted by atomic mass is 9.95. The third-order valence-electron chi connectivity index (χ3n) is 12.1. The number of aromatic amines is 2. The Bertz CT molecular complexity index is 2410. The Balaban J connectivity index is 0.000000228. The highest BCUT2D eigenvalue weighted by atomic mass is 35.5. The van der Waals surface area contributed by atoms with Gasteiger partial charge in [0.15, 0.2) is 0 Å². The van der Waals surface area contributed by atoms with Gasteiger partial charge >= 0.3 is 0 Å². The molecule has 0 radical (unpaired) electrons. The minimum Gasteiger partial charge on any atom is -0.381 e. The molecule has 0 amide bonds. The zero-order valence-corrected chi connectivity index (χ0v) is 40.4. The number of hydrogen-bond donors (Lipinski definition) is 3. The van der Waals surface area contributed by atoms with E-state index >= 15 is 0 Å². The van der Waals surface area contributed by atoms with Gasteiger partial charge in [0.1, 0.15) is 34.3 Å². The maximum Gasteiger partial charge on any atom is 0.274 e. The Morgan fingerprint density at radius 1 is 0.635 bits per heavy atom. The normalized spacial score (nSPS) is 21.4. The molecule has 3 N–H and O–H groups in total. The monoisotopic (exact) mass is 960 g/mol. The van der Waals surface area contributed by atoms with Gasteiger partial charge < -0.3 is 24.8 Å². The van der Waals surface area contributed by atoms with Gasteiger partial charge in [-0.3, -0.25) is 23.3 Å². The molecule has 0 spiro atoms. The molecule has 4 aliphatic heterocycles. The van der Waals surface area contributed by atoms with Crippen LogP contribution in [0.1, 0.15) is 97.9 Å². The summed E-state index contributed by atoms with van der Waals surface area (Å²) in [6.45, 7) is 12.0. The van der Waals surface area contributed by atoms with E-state index in [2.05, 4.69) is 76.3 Å². The summed E-state index contributed by atoms with van der Waals surface area (Å²) in [5.41, 5.74) is 3.16. The molecule has 0 bridgehead atoms. The first-order valence-corrected chi connectivity index (χ1v) is 21.3. The molecule has 0 unspecified atom stereocenters. The van der Waals surface area contributed by atoms with Crippen LogP contribution >= 0.6 is 65.6 Å². The Labute approximate surface area is 400 Å². The molecule has 63 heavy (non-hydrogen) atoms. The third kappa shape index (κ3) is 12.5. The van der Waals surface area contributed by atoms with Gasteiger partial charge in [0.25, 0.3) is 11.1 Å². The standard InChI is InChI=1S/C21H26N6O2.C16H22N4O2.C5H5ClN2.4H2S/c1-14-10-26(13-19-22-5-2-6-23-19)11-16(14)17-12-27-18(21(28)25-17)9-24-20(27)15-3-7-29-8-4-15;1-10-6-17-7-12(10)13-9-20-14(16(21)19-13)8-18-15(20)11-2-4-22-5-3-11;6-4-5-7-2-1-3-8-5;;;;/h2,5-6,9,12,14-16H,3-4,7-8,10-11,13H2,1H3,(H,25,28);8-12,17H,2-7H2,1H3,(H,19,21);1-3H,4H2;4*1H2/t14-,16-;10-,12-;;;;;/m11...../s1. The number of hydrogen-bond acceptors (Lipinski definition) is 12. The third-order valence-corrected chi connectivity index (χ3v) is 12.3. The molecule has 6 aromatic rings. The van der Waals surface area contributed by atoms with E-state index in [1.807, 2.05) is 14.9 Å². The molecular weight excluding hydrogens is 900 g/mol. The van der Waals surface area contributed by atoms with E-state index in [1.165, 1.54) is 0 Å². The Kier molecular flexibility index (Phi) is 20.5. The van der Waals surface area contributed by atoms with E-state index in [1.54, 1.807) is 43.2 Å². The number of nitrogens with zero attached hydrogens (tertiary/aromatic N) is 9. The number of fused-ring (bicyclic) bond motifs is 2. The molecular formula is C42H61ClN12O4S4. The zero-order valence-electron chi connectivity index (χ0n) is 35.7. The molecule has 16 nitrogen and oxygen atoms in total. The van der Waals surface area contributed by atoms with Gasteiger partial charge in [-0.25, -0.2) is 29.9 Å². The quantitative estimate of drug-likeness (QED) is 0.185. The topological polar surface area (TPSA) is 186 Å². The van der Waals surface area contributed by atoms with Gasteiger partial charge in [-0.15, -0.1) is 11.6 Å². The summed E-state index contributed by atoms with van der Waals surface area (Å²) in [6.07, 6.45) is 18.3. The Morgan fingerprint density at radius 3 is 1.56 bits per heavy atom. The lowest BCUT2D eigenvalue weighted by Crippen LogP contribution is -2.22. The number of alkyl halides is 1. The molecule has 10 rings (SSSR count). The van der Waals surface area contributed by atoms with E-state index < -0.39 is 0 Å². The van der Waals surface area contributed by atoms with Crippen LogP contribution in [0, 0.1) is 11.8 Å². The van der Waals surface area contributed by atoms with Crippen molar-refractivity contribution in [1.82, 2.24) is 58.9 Å². The molecule has 344 valence electrons. The summed E-state index contributed by atoms with van der Waals surface area (Å²) in [7, 11) is 0. The van der Waals surface area contributed by atoms with Crippen LogP contribution in [-0.2, 0) is 21.9 Å². The molecule has 21 heteroatoms. The number of rotatable bonds is 7. The minimum atomic E-state index is -0.0645. The Hall–Kier alpha value is -3.47. The average molecular weight is 962 g/mol. The molecule has 10 heterocycles. The van der Waals surface area contributed by atoms with Gasteiger partial charge in [-0.05, 0) is 56.2 Å². The summed E-state index contributed by atoms with van der Waals surface area (Å²) < 4.78 is 15.0. The summed E-state index contributed by atoms with van der Waals surface area (Å²) in [4.78, 5) is 59.2. The molecule has 0 saturated carbocycles. The van der Waals surface area contributed by atoms with E-state index in [-0.39, 0.29) is 71.0 Å². The van der Waals surface area contributed by atoms with Crippen LogP contribution in [-0.4, -0.2) is 106 Å². The number of imidazole rings is 2. The minimum absolute atomic E-state index is 0. The first kappa shape index (κ1) is 52.2. The first-order chi connectivity index (χ1) is 28.9. The largest absolute Gasteiger partial charge is 0.381 e. The van der Waals surface area contributed by atoms with E-state index in [4.69, 9.17) is 21.1 Å². The smallest absolute Gasteiger partial charge is 0.274 e. The Morgan fingerprint density at radius 2 is 1.11 bits per heavy atom. The number of aromatic nitrogens is 10. The number of likely N-dealkylation sites (tertiary alicyclic amines) is 1. The second-order valence-electron chi connectivity index (χ2n) is 16.1. The molecule has 4 fully saturated rings. The van der Waals surface area contributed by atoms with Crippen molar-refractivity contribution in [2.75, 3.05) is 52.6 Å². The highest BCUT2D eigenvalue weighted by Gasteiger charge is 2.33. The van der Waals surface area contributed by atoms with E-state index in [9.17, 15) is 9.59 Å². The second kappa shape index (κ2) is 24.7. The summed E-state index contributed by atoms with van der Waals surface area (Å²) in [5.74, 6) is 6.20. The fourth-order valence-electron chi connectivity index (χ4n) is 8.82. The van der Waals surface area contributed by atoms with Crippen LogP contribution < -0.4 is 16.4 Å². The molecule has 4 saturated heterocycles. The summed E-state index contributed by atoms with van der Waals surface area (Å²) >= 11 is 5.40. The number of ether oxygens (including phenoxy) is 2. The van der Waals surface area contributed by atoms with Gasteiger partial charge in [-0.1, -0.05) is 13.8 Å². The lowest BCUT2D eigenvalue weighted by Gasteiger charge is -2.21. The second-order valence-corrected chi connectivity index (χ2v) is 16.3. The maximum absolute atomic E-state index is 12.8. The molecule has 4 atom stereocenters. The van der Waals surface area contributed by atoms with Crippen LogP contribution in [0.3, 0.4) is 0 Å². The van der Waals surface area contributed by atoms with Crippen LogP contribution in [0.2, 0.25) is 0 Å². The van der Waals surface area contributed by atoms with Gasteiger partial charge in [-0.2, -0.15) is 54.0 Å². The van der Waals surface area contributed by atoms with Crippen LogP contribution in [0.5, 0.6) is 0 Å².